The zero-order chi connectivity index (χ0) is 14.8. The average molecular weight is 337 g/mol. The number of nitrogens with zero attached hydrogens (tertiary/aromatic N) is 2. The lowest BCUT2D eigenvalue weighted by Crippen LogP contribution is -2.45. The second-order valence-electron chi connectivity index (χ2n) is 5.36. The molecular formula is C12H32N2O3Si3. The predicted octanol–water partition coefficient (Wildman–Crippen LogP) is -0.679. The van der Waals surface area contributed by atoms with Crippen LogP contribution in [0.15, 0.2) is 0 Å². The van der Waals surface area contributed by atoms with Crippen molar-refractivity contribution in [1.82, 2.24) is 9.80 Å². The summed E-state index contributed by atoms with van der Waals surface area (Å²) >= 11 is 0. The molecule has 0 aliphatic carbocycles. The molecule has 1 heterocycles. The van der Waals surface area contributed by atoms with E-state index in [1.54, 1.807) is 0 Å². The van der Waals surface area contributed by atoms with Gasteiger partial charge >= 0.3 is 8.80 Å². The highest BCUT2D eigenvalue weighted by atomic mass is 28.4. The highest BCUT2D eigenvalue weighted by Crippen LogP contribution is 2.17. The minimum atomic E-state index is -2.27. The molecule has 1 saturated heterocycles. The van der Waals surface area contributed by atoms with Gasteiger partial charge in [-0.05, 0) is 32.9 Å². The van der Waals surface area contributed by atoms with Crippen LogP contribution >= 0.6 is 0 Å². The molecule has 8 heteroatoms. The molecule has 120 valence electrons. The quantitative estimate of drug-likeness (QED) is 0.467. The molecule has 0 saturated carbocycles. The molecule has 5 nitrogen and oxygen atoms in total. The van der Waals surface area contributed by atoms with Crippen molar-refractivity contribution in [2.24, 2.45) is 0 Å². The summed E-state index contributed by atoms with van der Waals surface area (Å²) in [6, 6.07) is 0.972. The Balaban J connectivity index is 2.23. The smallest absolute Gasteiger partial charge is 0.425 e. The van der Waals surface area contributed by atoms with E-state index < -0.39 is 8.80 Å². The maximum atomic E-state index is 5.80. The molecule has 1 aliphatic rings. The maximum absolute atomic E-state index is 5.80. The van der Waals surface area contributed by atoms with Crippen LogP contribution in [0.1, 0.15) is 33.1 Å². The van der Waals surface area contributed by atoms with Gasteiger partial charge in [0.1, 0.15) is 21.0 Å². The van der Waals surface area contributed by atoms with E-state index in [4.69, 9.17) is 12.7 Å². The summed E-state index contributed by atoms with van der Waals surface area (Å²) in [4.78, 5) is 5.10. The van der Waals surface area contributed by atoms with Gasteiger partial charge in [0.25, 0.3) is 0 Å². The zero-order valence-electron chi connectivity index (χ0n) is 13.7. The molecule has 0 aromatic rings. The van der Waals surface area contributed by atoms with Gasteiger partial charge in [-0.25, -0.2) is 0 Å². The molecule has 0 bridgehead atoms. The van der Waals surface area contributed by atoms with Crippen LogP contribution in [-0.2, 0) is 12.7 Å². The summed E-state index contributed by atoms with van der Waals surface area (Å²) in [5.41, 5.74) is 0. The van der Waals surface area contributed by atoms with Crippen LogP contribution in [0.2, 0.25) is 6.04 Å². The third-order valence-corrected chi connectivity index (χ3v) is 10.6. The van der Waals surface area contributed by atoms with Crippen LogP contribution in [0, 0.1) is 0 Å². The molecule has 0 spiro atoms. The summed E-state index contributed by atoms with van der Waals surface area (Å²) in [6.07, 6.45) is 3.73. The Bertz CT molecular complexity index is 258. The Morgan fingerprint density at radius 3 is 2.10 bits per heavy atom. The molecule has 0 radical (unpaired) electrons. The van der Waals surface area contributed by atoms with Crippen molar-refractivity contribution in [3.05, 3.63) is 0 Å². The summed E-state index contributed by atoms with van der Waals surface area (Å²) in [7, 11) is -0.857. The monoisotopic (exact) mass is 336 g/mol. The van der Waals surface area contributed by atoms with E-state index in [1.807, 2.05) is 6.92 Å². The molecule has 1 aliphatic heterocycles. The van der Waals surface area contributed by atoms with Crippen LogP contribution in [0.3, 0.4) is 0 Å². The Kier molecular flexibility index (Phi) is 9.46. The van der Waals surface area contributed by atoms with E-state index in [1.165, 1.54) is 32.5 Å². The number of hydrogen-bond acceptors (Lipinski definition) is 5. The topological polar surface area (TPSA) is 34.2 Å². The first kappa shape index (κ1) is 18.5. The van der Waals surface area contributed by atoms with Gasteiger partial charge in [-0.1, -0.05) is 13.3 Å². The Hall–Kier alpha value is 0.451. The normalized spacial score (nSPS) is 20.7. The second-order valence-corrected chi connectivity index (χ2v) is 10.8. The summed E-state index contributed by atoms with van der Waals surface area (Å²) < 4.78 is 17.2. The molecule has 0 aromatic carbocycles. The lowest BCUT2D eigenvalue weighted by Gasteiger charge is -2.28. The lowest BCUT2D eigenvalue weighted by molar-refractivity contribution is 0.180. The molecule has 20 heavy (non-hydrogen) atoms. The molecule has 0 atom stereocenters. The molecular weight excluding hydrogens is 304 g/mol. The van der Waals surface area contributed by atoms with Crippen LogP contribution in [0.4, 0.5) is 0 Å². The summed E-state index contributed by atoms with van der Waals surface area (Å²) in [5, 5.41) is 0. The molecule has 1 rings (SSSR count). The first-order valence-corrected chi connectivity index (χ1v) is 11.4. The first-order chi connectivity index (χ1) is 9.69. The van der Waals surface area contributed by atoms with E-state index >= 15 is 0 Å². The second kappa shape index (κ2) is 10.2. The Labute approximate surface area is 131 Å². The predicted molar refractivity (Wildman–Crippen MR) is 91.8 cm³/mol. The SMILES string of the molecule is CCCCN1CCN(CCC[Si](O[SiH3])(O[SiH3])OCC)C1. The molecule has 0 unspecified atom stereocenters. The van der Waals surface area contributed by atoms with Crippen molar-refractivity contribution in [2.45, 2.75) is 39.2 Å². The van der Waals surface area contributed by atoms with Crippen molar-refractivity contribution < 1.29 is 12.7 Å². The van der Waals surface area contributed by atoms with Crippen LogP contribution in [-0.4, -0.2) is 79.0 Å². The maximum Gasteiger partial charge on any atom is 0.478 e. The third-order valence-electron chi connectivity index (χ3n) is 3.90. The molecule has 1 fully saturated rings. The van der Waals surface area contributed by atoms with Crippen molar-refractivity contribution in [2.75, 3.05) is 39.5 Å². The van der Waals surface area contributed by atoms with E-state index in [9.17, 15) is 0 Å². The standard InChI is InChI=1S/C12H32N2O3Si3/c1-3-5-7-13-9-10-14(12-13)8-6-11-20(16-18,17-19)15-4-2/h3-12H2,1-2,18-19H3. The minimum absolute atomic E-state index is 0.700. The van der Waals surface area contributed by atoms with Gasteiger partial charge in [-0.3, -0.25) is 9.80 Å². The number of rotatable bonds is 11. The molecule has 0 amide bonds. The first-order valence-electron chi connectivity index (χ1n) is 7.88. The zero-order valence-corrected chi connectivity index (χ0v) is 18.7. The van der Waals surface area contributed by atoms with Crippen molar-refractivity contribution in [3.8, 4) is 0 Å². The van der Waals surface area contributed by atoms with Gasteiger partial charge in [0, 0.05) is 25.7 Å². The fraction of sp³-hybridized carbons (Fsp3) is 1.00. The van der Waals surface area contributed by atoms with Crippen molar-refractivity contribution in [3.63, 3.8) is 0 Å². The van der Waals surface area contributed by atoms with Gasteiger partial charge in [0.2, 0.25) is 0 Å². The molecule has 0 aromatic heterocycles. The fourth-order valence-corrected chi connectivity index (χ4v) is 8.59. The van der Waals surface area contributed by atoms with Gasteiger partial charge in [-0.15, -0.1) is 0 Å². The van der Waals surface area contributed by atoms with Crippen LogP contribution < -0.4 is 0 Å². The van der Waals surface area contributed by atoms with E-state index in [0.29, 0.717) is 27.6 Å². The van der Waals surface area contributed by atoms with Gasteiger partial charge in [0.15, 0.2) is 0 Å². The largest absolute Gasteiger partial charge is 0.478 e. The van der Waals surface area contributed by atoms with Gasteiger partial charge in [0.05, 0.1) is 6.67 Å². The van der Waals surface area contributed by atoms with Crippen LogP contribution in [0.25, 0.3) is 0 Å². The molecule has 0 N–H and O–H groups in total. The summed E-state index contributed by atoms with van der Waals surface area (Å²) in [6.45, 7) is 10.9. The number of hydrogen-bond donors (Lipinski definition) is 0. The highest BCUT2D eigenvalue weighted by Gasteiger charge is 2.36. The van der Waals surface area contributed by atoms with Gasteiger partial charge < -0.3 is 12.7 Å². The van der Waals surface area contributed by atoms with Crippen molar-refractivity contribution in [1.29, 1.82) is 0 Å². The minimum Gasteiger partial charge on any atom is -0.425 e. The Morgan fingerprint density at radius 2 is 1.60 bits per heavy atom. The summed E-state index contributed by atoms with van der Waals surface area (Å²) in [5.74, 6) is 0. The third kappa shape index (κ3) is 6.06. The Morgan fingerprint density at radius 1 is 1.00 bits per heavy atom. The van der Waals surface area contributed by atoms with E-state index in [2.05, 4.69) is 16.7 Å². The number of unbranched alkanes of at least 4 members (excludes halogenated alkanes) is 1. The fourth-order valence-electron chi connectivity index (χ4n) is 2.67. The lowest BCUT2D eigenvalue weighted by atomic mass is 10.3. The van der Waals surface area contributed by atoms with E-state index in [0.717, 1.165) is 25.7 Å². The highest BCUT2D eigenvalue weighted by molar-refractivity contribution is 6.66. The van der Waals surface area contributed by atoms with Crippen LogP contribution in [0.5, 0.6) is 0 Å². The van der Waals surface area contributed by atoms with Gasteiger partial charge in [-0.2, -0.15) is 0 Å². The van der Waals surface area contributed by atoms with E-state index in [-0.39, 0.29) is 0 Å². The van der Waals surface area contributed by atoms with Crippen molar-refractivity contribution >= 4 is 29.8 Å². The average Bonchev–Trinajstić information content (AvgIpc) is 2.92.